The van der Waals surface area contributed by atoms with E-state index in [1.807, 2.05) is 6.92 Å². The summed E-state index contributed by atoms with van der Waals surface area (Å²) in [6.07, 6.45) is 3.66. The first kappa shape index (κ1) is 13.5. The molecule has 0 aliphatic carbocycles. The van der Waals surface area contributed by atoms with E-state index >= 15 is 0 Å². The molecule has 7 heteroatoms. The van der Waals surface area contributed by atoms with E-state index in [1.54, 1.807) is 22.0 Å². The van der Waals surface area contributed by atoms with Crippen LogP contribution >= 0.6 is 0 Å². The van der Waals surface area contributed by atoms with Crippen LogP contribution in [0.4, 0.5) is 0 Å². The minimum Gasteiger partial charge on any atom is -0.469 e. The Hall–Kier alpha value is -1.92. The number of rotatable bonds is 4. The van der Waals surface area contributed by atoms with Crippen LogP contribution in [-0.4, -0.2) is 52.0 Å². The third kappa shape index (κ3) is 3.10. The van der Waals surface area contributed by atoms with Crippen LogP contribution in [0.15, 0.2) is 12.4 Å². The lowest BCUT2D eigenvalue weighted by Crippen LogP contribution is -2.30. The molecule has 19 heavy (non-hydrogen) atoms. The molecule has 0 aromatic carbocycles. The second-order valence-corrected chi connectivity index (χ2v) is 4.82. The molecule has 0 N–H and O–H groups in total. The zero-order valence-corrected chi connectivity index (χ0v) is 11.2. The number of likely N-dealkylation sites (tertiary alicyclic amines) is 1. The normalized spacial score (nSPS) is 22.5. The third-order valence-corrected chi connectivity index (χ3v) is 3.50. The van der Waals surface area contributed by atoms with Crippen LogP contribution in [0.1, 0.15) is 13.3 Å². The molecule has 1 saturated heterocycles. The number of carbonyl (C=O) groups excluding carboxylic acids is 2. The summed E-state index contributed by atoms with van der Waals surface area (Å²) in [5.74, 6) is -0.268. The Morgan fingerprint density at radius 1 is 1.42 bits per heavy atom. The highest BCUT2D eigenvalue weighted by atomic mass is 16.5. The van der Waals surface area contributed by atoms with Crippen molar-refractivity contribution in [3.05, 3.63) is 12.4 Å². The van der Waals surface area contributed by atoms with Crippen molar-refractivity contribution in [2.24, 2.45) is 11.8 Å². The number of hydrogen-bond donors (Lipinski definition) is 0. The largest absolute Gasteiger partial charge is 0.469 e. The lowest BCUT2D eigenvalue weighted by Gasteiger charge is -2.15. The molecule has 1 amide bonds. The van der Waals surface area contributed by atoms with Gasteiger partial charge >= 0.3 is 5.97 Å². The zero-order valence-electron chi connectivity index (χ0n) is 11.2. The van der Waals surface area contributed by atoms with E-state index < -0.39 is 0 Å². The Morgan fingerprint density at radius 2 is 2.21 bits per heavy atom. The standard InChI is InChI=1S/C12H18N4O3/c1-9-7-15(8-10(9)12(18)19-2)11(17)3-5-16-6-4-13-14-16/h4,6,9-10H,3,5,7-8H2,1-2H3. The van der Waals surface area contributed by atoms with Gasteiger partial charge in [-0.3, -0.25) is 14.3 Å². The van der Waals surface area contributed by atoms with Crippen LogP contribution in [0.25, 0.3) is 0 Å². The van der Waals surface area contributed by atoms with Crippen LogP contribution in [0, 0.1) is 11.8 Å². The SMILES string of the molecule is COC(=O)C1CN(C(=O)CCn2ccnn2)CC1C. The van der Waals surface area contributed by atoms with Crippen LogP contribution in [0.5, 0.6) is 0 Å². The number of amides is 1. The predicted molar refractivity (Wildman–Crippen MR) is 65.9 cm³/mol. The Kier molecular flexibility index (Phi) is 4.13. The monoisotopic (exact) mass is 266 g/mol. The fourth-order valence-corrected chi connectivity index (χ4v) is 2.35. The number of nitrogens with zero attached hydrogens (tertiary/aromatic N) is 4. The number of esters is 1. The van der Waals surface area contributed by atoms with E-state index in [0.717, 1.165) is 0 Å². The van der Waals surface area contributed by atoms with Gasteiger partial charge in [0.15, 0.2) is 0 Å². The summed E-state index contributed by atoms with van der Waals surface area (Å²) in [6.45, 7) is 3.53. The van der Waals surface area contributed by atoms with E-state index in [4.69, 9.17) is 4.74 Å². The molecule has 1 fully saturated rings. The molecular weight excluding hydrogens is 248 g/mol. The van der Waals surface area contributed by atoms with E-state index in [-0.39, 0.29) is 23.7 Å². The summed E-state index contributed by atoms with van der Waals surface area (Å²) in [6, 6.07) is 0. The van der Waals surface area contributed by atoms with Gasteiger partial charge in [-0.05, 0) is 5.92 Å². The van der Waals surface area contributed by atoms with Crippen LogP contribution < -0.4 is 0 Å². The first-order valence-electron chi connectivity index (χ1n) is 6.31. The van der Waals surface area contributed by atoms with Crippen molar-refractivity contribution in [2.45, 2.75) is 19.9 Å². The van der Waals surface area contributed by atoms with Gasteiger partial charge in [-0.25, -0.2) is 0 Å². The minimum absolute atomic E-state index is 0.0359. The Labute approximate surface area is 111 Å². The molecule has 0 spiro atoms. The number of methoxy groups -OCH3 is 1. The maximum atomic E-state index is 12.1. The topological polar surface area (TPSA) is 77.3 Å². The van der Waals surface area contributed by atoms with Gasteiger partial charge in [0.2, 0.25) is 5.91 Å². The fourth-order valence-electron chi connectivity index (χ4n) is 2.35. The van der Waals surface area contributed by atoms with E-state index in [9.17, 15) is 9.59 Å². The molecule has 0 radical (unpaired) electrons. The van der Waals surface area contributed by atoms with Crippen LogP contribution in [0.3, 0.4) is 0 Å². The second kappa shape index (κ2) is 5.81. The molecule has 0 saturated carbocycles. The highest BCUT2D eigenvalue weighted by molar-refractivity contribution is 5.79. The maximum Gasteiger partial charge on any atom is 0.310 e. The van der Waals surface area contributed by atoms with Crippen LogP contribution in [0.2, 0.25) is 0 Å². The molecule has 1 aliphatic heterocycles. The van der Waals surface area contributed by atoms with Crippen molar-refractivity contribution in [1.82, 2.24) is 19.9 Å². The number of aryl methyl sites for hydroxylation is 1. The summed E-state index contributed by atoms with van der Waals surface area (Å²) < 4.78 is 6.37. The molecule has 2 atom stereocenters. The van der Waals surface area contributed by atoms with Gasteiger partial charge in [-0.1, -0.05) is 12.1 Å². The van der Waals surface area contributed by atoms with Crippen molar-refractivity contribution in [2.75, 3.05) is 20.2 Å². The van der Waals surface area contributed by atoms with Gasteiger partial charge in [-0.2, -0.15) is 0 Å². The van der Waals surface area contributed by atoms with E-state index in [2.05, 4.69) is 10.3 Å². The van der Waals surface area contributed by atoms with Gasteiger partial charge in [0, 0.05) is 25.7 Å². The number of hydrogen-bond acceptors (Lipinski definition) is 5. The van der Waals surface area contributed by atoms with Crippen molar-refractivity contribution in [3.8, 4) is 0 Å². The van der Waals surface area contributed by atoms with Gasteiger partial charge in [0.25, 0.3) is 0 Å². The third-order valence-electron chi connectivity index (χ3n) is 3.50. The van der Waals surface area contributed by atoms with Gasteiger partial charge in [0.05, 0.1) is 25.8 Å². The smallest absolute Gasteiger partial charge is 0.310 e. The molecule has 2 rings (SSSR count). The number of ether oxygens (including phenoxy) is 1. The molecule has 2 unspecified atom stereocenters. The highest BCUT2D eigenvalue weighted by Gasteiger charge is 2.37. The van der Waals surface area contributed by atoms with Crippen molar-refractivity contribution < 1.29 is 14.3 Å². The molecule has 0 bridgehead atoms. The Bertz CT molecular complexity index is 446. The lowest BCUT2D eigenvalue weighted by atomic mass is 9.99. The van der Waals surface area contributed by atoms with E-state index in [0.29, 0.717) is 26.1 Å². The highest BCUT2D eigenvalue weighted by Crippen LogP contribution is 2.24. The van der Waals surface area contributed by atoms with E-state index in [1.165, 1.54) is 7.11 Å². The molecule has 1 aliphatic rings. The molecule has 2 heterocycles. The summed E-state index contributed by atoms with van der Waals surface area (Å²) >= 11 is 0. The molecule has 1 aromatic heterocycles. The van der Waals surface area contributed by atoms with Crippen molar-refractivity contribution in [1.29, 1.82) is 0 Å². The molecular formula is C12H18N4O3. The second-order valence-electron chi connectivity index (χ2n) is 4.82. The van der Waals surface area contributed by atoms with Crippen molar-refractivity contribution >= 4 is 11.9 Å². The number of aromatic nitrogens is 3. The predicted octanol–water partition coefficient (Wildman–Crippen LogP) is -0.0643. The summed E-state index contributed by atoms with van der Waals surface area (Å²) in [7, 11) is 1.38. The number of carbonyl (C=O) groups is 2. The summed E-state index contributed by atoms with van der Waals surface area (Å²) in [4.78, 5) is 25.3. The first-order valence-corrected chi connectivity index (χ1v) is 6.31. The Balaban J connectivity index is 1.85. The first-order chi connectivity index (χ1) is 9.11. The van der Waals surface area contributed by atoms with Gasteiger partial charge in [0.1, 0.15) is 0 Å². The van der Waals surface area contributed by atoms with Gasteiger partial charge < -0.3 is 9.64 Å². The fraction of sp³-hybridized carbons (Fsp3) is 0.667. The van der Waals surface area contributed by atoms with Crippen LogP contribution in [-0.2, 0) is 20.9 Å². The Morgan fingerprint density at radius 3 is 2.84 bits per heavy atom. The van der Waals surface area contributed by atoms with Gasteiger partial charge in [-0.15, -0.1) is 5.10 Å². The average molecular weight is 266 g/mol. The zero-order chi connectivity index (χ0) is 13.8. The summed E-state index contributed by atoms with van der Waals surface area (Å²) in [5, 5.41) is 7.49. The van der Waals surface area contributed by atoms with Crippen molar-refractivity contribution in [3.63, 3.8) is 0 Å². The summed E-state index contributed by atoms with van der Waals surface area (Å²) in [5.41, 5.74) is 0. The minimum atomic E-state index is -0.237. The lowest BCUT2D eigenvalue weighted by molar-refractivity contribution is -0.146. The maximum absolute atomic E-state index is 12.1. The molecule has 104 valence electrons. The quantitative estimate of drug-likeness (QED) is 0.713. The molecule has 1 aromatic rings. The molecule has 7 nitrogen and oxygen atoms in total. The average Bonchev–Trinajstić information content (AvgIpc) is 3.04.